The van der Waals surface area contributed by atoms with Crippen LogP contribution in [0.2, 0.25) is 0 Å². The van der Waals surface area contributed by atoms with Crippen LogP contribution in [0, 0.1) is 0 Å². The molecule has 1 N–H and O–H groups in total. The van der Waals surface area contributed by atoms with Crippen LogP contribution in [0.15, 0.2) is 42.5 Å². The lowest BCUT2D eigenvalue weighted by Crippen LogP contribution is -2.30. The molecule has 2 aromatic carbocycles. The maximum absolute atomic E-state index is 6.11. The molecular formula is C22H26N2O2. The Bertz CT molecular complexity index is 917. The summed E-state index contributed by atoms with van der Waals surface area (Å²) >= 11 is 0. The van der Waals surface area contributed by atoms with Crippen molar-refractivity contribution in [1.82, 2.24) is 9.97 Å². The number of ether oxygens (including phenoxy) is 2. The lowest BCUT2D eigenvalue weighted by Gasteiger charge is -2.24. The van der Waals surface area contributed by atoms with Crippen LogP contribution in [0.5, 0.6) is 11.5 Å². The highest BCUT2D eigenvalue weighted by atomic mass is 16.7. The third kappa shape index (κ3) is 3.05. The highest BCUT2D eigenvalue weighted by molar-refractivity contribution is 5.74. The number of aromatic nitrogens is 2. The fourth-order valence-electron chi connectivity index (χ4n) is 3.34. The Hall–Kier alpha value is -2.49. The van der Waals surface area contributed by atoms with Crippen LogP contribution in [-0.4, -0.2) is 16.3 Å². The number of rotatable bonds is 3. The summed E-state index contributed by atoms with van der Waals surface area (Å²) in [7, 11) is 0. The minimum Gasteiger partial charge on any atom is -0.451 e. The van der Waals surface area contributed by atoms with E-state index in [-0.39, 0.29) is 17.1 Å². The van der Waals surface area contributed by atoms with Crippen molar-refractivity contribution in [2.45, 2.75) is 58.2 Å². The molecule has 0 amide bonds. The van der Waals surface area contributed by atoms with Gasteiger partial charge in [0, 0.05) is 11.8 Å². The Morgan fingerprint density at radius 2 is 1.69 bits per heavy atom. The van der Waals surface area contributed by atoms with Crippen LogP contribution in [0.25, 0.3) is 11.0 Å². The summed E-state index contributed by atoms with van der Waals surface area (Å²) in [6.07, 6.45) is 0.412. The number of fused-ring (bicyclic) bond motifs is 2. The number of nitrogens with one attached hydrogen (secondary N) is 1. The molecule has 0 spiro atoms. The summed E-state index contributed by atoms with van der Waals surface area (Å²) in [6.45, 7) is 10.9. The van der Waals surface area contributed by atoms with Crippen LogP contribution in [0.1, 0.15) is 52.4 Å². The molecule has 1 aromatic heterocycles. The van der Waals surface area contributed by atoms with Crippen molar-refractivity contribution in [3.05, 3.63) is 53.9 Å². The molecule has 4 rings (SSSR count). The van der Waals surface area contributed by atoms with Crippen molar-refractivity contribution >= 4 is 11.0 Å². The van der Waals surface area contributed by atoms with Gasteiger partial charge in [0.25, 0.3) is 0 Å². The smallest absolute Gasteiger partial charge is 0.242 e. The van der Waals surface area contributed by atoms with Gasteiger partial charge >= 0.3 is 0 Å². The zero-order valence-electron chi connectivity index (χ0n) is 16.1. The van der Waals surface area contributed by atoms with Crippen LogP contribution in [0.4, 0.5) is 0 Å². The molecule has 0 bridgehead atoms. The number of aromatic amines is 1. The monoisotopic (exact) mass is 350 g/mol. The largest absolute Gasteiger partial charge is 0.451 e. The number of H-pyrrole nitrogens is 1. The average molecular weight is 350 g/mol. The van der Waals surface area contributed by atoms with E-state index in [0.717, 1.165) is 28.4 Å². The van der Waals surface area contributed by atoms with Gasteiger partial charge in [-0.25, -0.2) is 4.98 Å². The summed E-state index contributed by atoms with van der Waals surface area (Å²) in [5, 5.41) is 0. The number of hydrogen-bond donors (Lipinski definition) is 1. The minimum atomic E-state index is -0.302. The van der Waals surface area contributed by atoms with Gasteiger partial charge < -0.3 is 14.5 Å². The highest BCUT2D eigenvalue weighted by Crippen LogP contribution is 2.41. The molecule has 0 aliphatic carbocycles. The van der Waals surface area contributed by atoms with E-state index in [0.29, 0.717) is 6.42 Å². The van der Waals surface area contributed by atoms with Crippen LogP contribution in [0.3, 0.4) is 0 Å². The van der Waals surface area contributed by atoms with Crippen LogP contribution < -0.4 is 9.47 Å². The maximum Gasteiger partial charge on any atom is 0.242 e. The van der Waals surface area contributed by atoms with Crippen molar-refractivity contribution < 1.29 is 9.47 Å². The molecule has 1 aliphatic rings. The molecule has 1 unspecified atom stereocenters. The Balaban J connectivity index is 1.53. The number of imidazole rings is 1. The average Bonchev–Trinajstić information content (AvgIpc) is 3.16. The van der Waals surface area contributed by atoms with Gasteiger partial charge in [-0.2, -0.15) is 0 Å². The second-order valence-electron chi connectivity index (χ2n) is 8.77. The number of benzene rings is 2. The summed E-state index contributed by atoms with van der Waals surface area (Å²) < 4.78 is 12.2. The fraction of sp³-hybridized carbons (Fsp3) is 0.409. The van der Waals surface area contributed by atoms with Gasteiger partial charge in [-0.3, -0.25) is 0 Å². The molecule has 0 saturated carbocycles. The Morgan fingerprint density at radius 3 is 2.42 bits per heavy atom. The van der Waals surface area contributed by atoms with E-state index in [1.165, 1.54) is 5.56 Å². The summed E-state index contributed by atoms with van der Waals surface area (Å²) in [5.41, 5.74) is 3.18. The fourth-order valence-corrected chi connectivity index (χ4v) is 3.34. The molecule has 0 fully saturated rings. The third-order valence-corrected chi connectivity index (χ3v) is 5.03. The van der Waals surface area contributed by atoms with Crippen molar-refractivity contribution in [3.63, 3.8) is 0 Å². The molecule has 136 valence electrons. The van der Waals surface area contributed by atoms with Crippen molar-refractivity contribution in [3.8, 4) is 11.5 Å². The van der Waals surface area contributed by atoms with Gasteiger partial charge in [-0.05, 0) is 35.2 Å². The Labute approximate surface area is 154 Å². The van der Waals surface area contributed by atoms with E-state index >= 15 is 0 Å². The first-order chi connectivity index (χ1) is 12.2. The molecule has 1 atom stereocenters. The highest BCUT2D eigenvalue weighted by Gasteiger charge is 2.34. The predicted molar refractivity (Wildman–Crippen MR) is 104 cm³/mol. The molecule has 3 aromatic rings. The van der Waals surface area contributed by atoms with Crippen LogP contribution >= 0.6 is 0 Å². The van der Waals surface area contributed by atoms with Crippen LogP contribution in [-0.2, 0) is 10.8 Å². The quantitative estimate of drug-likeness (QED) is 0.695. The third-order valence-electron chi connectivity index (χ3n) is 5.03. The molecule has 0 radical (unpaired) electrons. The van der Waals surface area contributed by atoms with Gasteiger partial charge in [0.05, 0.1) is 11.0 Å². The van der Waals surface area contributed by atoms with Gasteiger partial charge in [0.15, 0.2) is 11.5 Å². The van der Waals surface area contributed by atoms with E-state index in [1.807, 2.05) is 30.3 Å². The Kier molecular flexibility index (Phi) is 3.76. The molecule has 0 saturated heterocycles. The summed E-state index contributed by atoms with van der Waals surface area (Å²) in [4.78, 5) is 8.19. The predicted octanol–water partition coefficient (Wildman–Crippen LogP) is 5.33. The first-order valence-electron chi connectivity index (χ1n) is 9.15. The zero-order chi connectivity index (χ0) is 18.5. The lowest BCUT2D eigenvalue weighted by atomic mass is 9.87. The Morgan fingerprint density at radius 1 is 0.962 bits per heavy atom. The standard InChI is InChI=1S/C22H26N2O2/c1-21(2,3)14-10-11-17-18(12-14)26-19(25-17)13-22(4,5)20-23-15-8-6-7-9-16(15)24-20/h6-12,19H,13H2,1-5H3,(H,23,24). The summed E-state index contributed by atoms with van der Waals surface area (Å²) in [5.74, 6) is 2.61. The lowest BCUT2D eigenvalue weighted by molar-refractivity contribution is 0.0238. The normalized spacial score (nSPS) is 17.0. The van der Waals surface area contributed by atoms with Crippen molar-refractivity contribution in [2.24, 2.45) is 0 Å². The number of para-hydroxylation sites is 2. The van der Waals surface area contributed by atoms with Crippen molar-refractivity contribution in [2.75, 3.05) is 0 Å². The molecule has 4 heteroatoms. The molecule has 4 nitrogen and oxygen atoms in total. The van der Waals surface area contributed by atoms with Gasteiger partial charge in [0.2, 0.25) is 6.29 Å². The first-order valence-corrected chi connectivity index (χ1v) is 9.15. The summed E-state index contributed by atoms with van der Waals surface area (Å²) in [6, 6.07) is 14.3. The van der Waals surface area contributed by atoms with Gasteiger partial charge in [-0.1, -0.05) is 52.8 Å². The molecule has 2 heterocycles. The molecular weight excluding hydrogens is 324 g/mol. The van der Waals surface area contributed by atoms with Crippen molar-refractivity contribution in [1.29, 1.82) is 0 Å². The van der Waals surface area contributed by atoms with E-state index in [9.17, 15) is 0 Å². The molecule has 1 aliphatic heterocycles. The topological polar surface area (TPSA) is 47.1 Å². The molecule has 26 heavy (non-hydrogen) atoms. The second-order valence-corrected chi connectivity index (χ2v) is 8.77. The maximum atomic E-state index is 6.11. The second kappa shape index (κ2) is 5.76. The minimum absolute atomic E-state index is 0.0873. The van der Waals surface area contributed by atoms with E-state index in [4.69, 9.17) is 14.5 Å². The van der Waals surface area contributed by atoms with E-state index in [1.54, 1.807) is 0 Å². The van der Waals surface area contributed by atoms with E-state index in [2.05, 4.69) is 51.7 Å². The van der Waals surface area contributed by atoms with Gasteiger partial charge in [-0.15, -0.1) is 0 Å². The number of hydrogen-bond acceptors (Lipinski definition) is 3. The first kappa shape index (κ1) is 17.0. The zero-order valence-corrected chi connectivity index (χ0v) is 16.1. The SMILES string of the molecule is CC(C)(C)c1ccc2c(c1)OC(CC(C)(C)c1nc3ccccc3[nH]1)O2. The van der Waals surface area contributed by atoms with Gasteiger partial charge in [0.1, 0.15) is 5.82 Å². The number of nitrogens with zero attached hydrogens (tertiary/aromatic N) is 1. The van der Waals surface area contributed by atoms with E-state index < -0.39 is 0 Å².